The molecule has 21 heavy (non-hydrogen) atoms. The van der Waals surface area contributed by atoms with Crippen molar-refractivity contribution in [3.63, 3.8) is 0 Å². The van der Waals surface area contributed by atoms with Crippen molar-refractivity contribution in [1.82, 2.24) is 4.31 Å². The second kappa shape index (κ2) is 7.18. The number of rotatable bonds is 3. The predicted molar refractivity (Wildman–Crippen MR) is 90.6 cm³/mol. The molecule has 3 nitrogen and oxygen atoms in total. The standard InChI is InChI=1S/C14H18BrCl2NO2S/c1-2-10-4-3-6-18(7-5-10)21(19,20)14-12(16)8-11(15)9-13(14)17/h8-10H,2-7H2,1H3. The van der Waals surface area contributed by atoms with Gasteiger partial charge in [0.1, 0.15) is 4.90 Å². The van der Waals surface area contributed by atoms with Crippen LogP contribution < -0.4 is 0 Å². The molecule has 0 N–H and O–H groups in total. The summed E-state index contributed by atoms with van der Waals surface area (Å²) in [5.41, 5.74) is 0. The summed E-state index contributed by atoms with van der Waals surface area (Å²) in [6, 6.07) is 3.12. The fourth-order valence-electron chi connectivity index (χ4n) is 2.69. The minimum absolute atomic E-state index is 0.0176. The number of hydrogen-bond acceptors (Lipinski definition) is 2. The first-order chi connectivity index (χ1) is 9.86. The Morgan fingerprint density at radius 2 is 1.86 bits per heavy atom. The molecule has 0 aromatic heterocycles. The van der Waals surface area contributed by atoms with E-state index in [4.69, 9.17) is 23.2 Å². The summed E-state index contributed by atoms with van der Waals surface area (Å²) in [4.78, 5) is 0.0176. The van der Waals surface area contributed by atoms with Crippen LogP contribution in [-0.4, -0.2) is 25.8 Å². The van der Waals surface area contributed by atoms with E-state index in [0.717, 1.165) is 25.7 Å². The molecular weight excluding hydrogens is 397 g/mol. The van der Waals surface area contributed by atoms with Crippen molar-refractivity contribution in [2.45, 2.75) is 37.5 Å². The summed E-state index contributed by atoms with van der Waals surface area (Å²) < 4.78 is 27.8. The first-order valence-corrected chi connectivity index (χ1v) is 9.99. The fraction of sp³-hybridized carbons (Fsp3) is 0.571. The van der Waals surface area contributed by atoms with Crippen LogP contribution in [0.1, 0.15) is 32.6 Å². The van der Waals surface area contributed by atoms with Crippen LogP contribution in [0.3, 0.4) is 0 Å². The number of sulfonamides is 1. The maximum atomic E-state index is 12.8. The van der Waals surface area contributed by atoms with Gasteiger partial charge in [0.15, 0.2) is 0 Å². The van der Waals surface area contributed by atoms with E-state index < -0.39 is 10.0 Å². The Morgan fingerprint density at radius 1 is 1.24 bits per heavy atom. The molecule has 1 heterocycles. The lowest BCUT2D eigenvalue weighted by molar-refractivity contribution is 0.407. The quantitative estimate of drug-likeness (QED) is 0.700. The molecule has 1 aromatic rings. The van der Waals surface area contributed by atoms with E-state index in [0.29, 0.717) is 23.5 Å². The Balaban J connectivity index is 2.34. The van der Waals surface area contributed by atoms with E-state index in [1.807, 2.05) is 0 Å². The lowest BCUT2D eigenvalue weighted by atomic mass is 9.98. The van der Waals surface area contributed by atoms with Gasteiger partial charge in [-0.2, -0.15) is 4.31 Å². The second-order valence-electron chi connectivity index (χ2n) is 5.31. The fourth-order valence-corrected chi connectivity index (χ4v) is 6.07. The van der Waals surface area contributed by atoms with Crippen LogP contribution in [0, 0.1) is 5.92 Å². The van der Waals surface area contributed by atoms with Crippen molar-refractivity contribution in [3.8, 4) is 0 Å². The van der Waals surface area contributed by atoms with Gasteiger partial charge < -0.3 is 0 Å². The highest BCUT2D eigenvalue weighted by Gasteiger charge is 2.31. The molecule has 7 heteroatoms. The van der Waals surface area contributed by atoms with E-state index in [-0.39, 0.29) is 14.9 Å². The molecule has 0 bridgehead atoms. The molecule has 0 amide bonds. The topological polar surface area (TPSA) is 37.4 Å². The van der Waals surface area contributed by atoms with Crippen LogP contribution in [0.25, 0.3) is 0 Å². The summed E-state index contributed by atoms with van der Waals surface area (Å²) in [5, 5.41) is 0.316. The Hall–Kier alpha value is 0.190. The van der Waals surface area contributed by atoms with Crippen molar-refractivity contribution in [2.75, 3.05) is 13.1 Å². The minimum Gasteiger partial charge on any atom is -0.207 e. The van der Waals surface area contributed by atoms with E-state index >= 15 is 0 Å². The molecule has 0 spiro atoms. The van der Waals surface area contributed by atoms with Gasteiger partial charge in [-0.05, 0) is 37.3 Å². The zero-order valence-corrected chi connectivity index (χ0v) is 15.7. The summed E-state index contributed by atoms with van der Waals surface area (Å²) in [7, 11) is -3.65. The second-order valence-corrected chi connectivity index (χ2v) is 8.91. The normalized spacial score (nSPS) is 21.2. The third kappa shape index (κ3) is 3.94. The largest absolute Gasteiger partial charge is 0.246 e. The molecule has 2 rings (SSSR count). The molecule has 1 atom stereocenters. The van der Waals surface area contributed by atoms with Crippen molar-refractivity contribution < 1.29 is 8.42 Å². The molecule has 1 fully saturated rings. The number of benzene rings is 1. The van der Waals surface area contributed by atoms with E-state index in [1.165, 1.54) is 4.31 Å². The summed E-state index contributed by atoms with van der Waals surface area (Å²) >= 11 is 15.5. The number of nitrogens with zero attached hydrogens (tertiary/aromatic N) is 1. The monoisotopic (exact) mass is 413 g/mol. The van der Waals surface area contributed by atoms with Crippen LogP contribution in [-0.2, 0) is 10.0 Å². The zero-order chi connectivity index (χ0) is 15.6. The first-order valence-electron chi connectivity index (χ1n) is 7.01. The van der Waals surface area contributed by atoms with Gasteiger partial charge in [0, 0.05) is 17.6 Å². The Labute approximate surface area is 144 Å². The van der Waals surface area contributed by atoms with Crippen LogP contribution in [0.5, 0.6) is 0 Å². The number of halogens is 3. The number of hydrogen-bond donors (Lipinski definition) is 0. The molecular formula is C14H18BrCl2NO2S. The van der Waals surface area contributed by atoms with Crippen LogP contribution >= 0.6 is 39.1 Å². The smallest absolute Gasteiger partial charge is 0.207 e. The maximum Gasteiger partial charge on any atom is 0.246 e. The average molecular weight is 415 g/mol. The van der Waals surface area contributed by atoms with E-state index in [9.17, 15) is 8.42 Å². The van der Waals surface area contributed by atoms with Gasteiger partial charge in [0.25, 0.3) is 0 Å². The first kappa shape index (κ1) is 17.5. The van der Waals surface area contributed by atoms with Crippen molar-refractivity contribution in [2.24, 2.45) is 5.92 Å². The van der Waals surface area contributed by atoms with Gasteiger partial charge in [-0.3, -0.25) is 0 Å². The van der Waals surface area contributed by atoms with E-state index in [2.05, 4.69) is 22.9 Å². The highest BCUT2D eigenvalue weighted by Crippen LogP contribution is 2.35. The molecule has 0 saturated carbocycles. The van der Waals surface area contributed by atoms with Crippen molar-refractivity contribution in [3.05, 3.63) is 26.7 Å². The van der Waals surface area contributed by atoms with Crippen LogP contribution in [0.4, 0.5) is 0 Å². The summed E-state index contributed by atoms with van der Waals surface area (Å²) in [6.07, 6.45) is 3.93. The minimum atomic E-state index is -3.65. The van der Waals surface area contributed by atoms with Gasteiger partial charge in [-0.25, -0.2) is 8.42 Å². The van der Waals surface area contributed by atoms with Crippen molar-refractivity contribution >= 4 is 49.2 Å². The molecule has 1 aromatic carbocycles. The molecule has 1 aliphatic heterocycles. The van der Waals surface area contributed by atoms with Crippen molar-refractivity contribution in [1.29, 1.82) is 0 Å². The molecule has 1 aliphatic rings. The highest BCUT2D eigenvalue weighted by atomic mass is 79.9. The van der Waals surface area contributed by atoms with Gasteiger partial charge in [-0.1, -0.05) is 52.5 Å². The average Bonchev–Trinajstić information content (AvgIpc) is 2.62. The molecule has 118 valence electrons. The Bertz CT molecular complexity index is 598. The van der Waals surface area contributed by atoms with Gasteiger partial charge in [0.2, 0.25) is 10.0 Å². The molecule has 0 aliphatic carbocycles. The summed E-state index contributed by atoms with van der Waals surface area (Å²) in [5.74, 6) is 0.598. The molecule has 1 saturated heterocycles. The SMILES string of the molecule is CCC1CCCN(S(=O)(=O)c2c(Cl)cc(Br)cc2Cl)CC1. The lowest BCUT2D eigenvalue weighted by Gasteiger charge is -2.21. The highest BCUT2D eigenvalue weighted by molar-refractivity contribution is 9.10. The third-order valence-electron chi connectivity index (χ3n) is 3.94. The third-order valence-corrected chi connectivity index (χ3v) is 7.22. The zero-order valence-electron chi connectivity index (χ0n) is 11.8. The predicted octanol–water partition coefficient (Wildman–Crippen LogP) is 4.96. The van der Waals surface area contributed by atoms with E-state index in [1.54, 1.807) is 12.1 Å². The van der Waals surface area contributed by atoms with Crippen LogP contribution in [0.15, 0.2) is 21.5 Å². The maximum absolute atomic E-state index is 12.8. The van der Waals surface area contributed by atoms with Gasteiger partial charge >= 0.3 is 0 Å². The Kier molecular flexibility index (Phi) is 5.99. The molecule has 1 unspecified atom stereocenters. The lowest BCUT2D eigenvalue weighted by Crippen LogP contribution is -2.32. The summed E-state index contributed by atoms with van der Waals surface area (Å²) in [6.45, 7) is 3.21. The van der Waals surface area contributed by atoms with Gasteiger partial charge in [-0.15, -0.1) is 0 Å². The van der Waals surface area contributed by atoms with Crippen LogP contribution in [0.2, 0.25) is 10.0 Å². The molecule has 0 radical (unpaired) electrons. The van der Waals surface area contributed by atoms with Gasteiger partial charge in [0.05, 0.1) is 10.0 Å². The Morgan fingerprint density at radius 3 is 2.43 bits per heavy atom.